The van der Waals surface area contributed by atoms with Crippen LogP contribution in [0.4, 0.5) is 0 Å². The predicted octanol–water partition coefficient (Wildman–Crippen LogP) is -1.79. The van der Waals surface area contributed by atoms with Gasteiger partial charge in [-0.25, -0.2) is 9.89 Å². The third-order valence-corrected chi connectivity index (χ3v) is 1.27. The molecule has 4 N–H and O–H groups in total. The number of nitrogens with one attached hydrogen (secondary N) is 3. The van der Waals surface area contributed by atoms with E-state index in [1.807, 2.05) is 0 Å². The number of aliphatic hydroxyl groups excluding tert-OH is 1. The van der Waals surface area contributed by atoms with E-state index >= 15 is 0 Å². The van der Waals surface area contributed by atoms with Crippen molar-refractivity contribution in [2.45, 2.75) is 13.0 Å². The van der Waals surface area contributed by atoms with Crippen LogP contribution in [-0.4, -0.2) is 38.8 Å². The molecule has 1 unspecified atom stereocenters. The van der Waals surface area contributed by atoms with Gasteiger partial charge in [0.1, 0.15) is 0 Å². The average Bonchev–Trinajstić information content (AvgIpc) is 2.47. The first-order valence-electron chi connectivity index (χ1n) is 3.70. The zero-order valence-electron chi connectivity index (χ0n) is 7.00. The molecule has 7 nitrogen and oxygen atoms in total. The minimum Gasteiger partial charge on any atom is -0.392 e. The fourth-order valence-electron chi connectivity index (χ4n) is 0.702. The quantitative estimate of drug-likeness (QED) is 0.446. The second-order valence-corrected chi connectivity index (χ2v) is 2.59. The number of amides is 1. The van der Waals surface area contributed by atoms with Crippen molar-refractivity contribution < 1.29 is 9.90 Å². The van der Waals surface area contributed by atoms with E-state index in [1.165, 1.54) is 6.92 Å². The number of hydrogen-bond acceptors (Lipinski definition) is 4. The van der Waals surface area contributed by atoms with Gasteiger partial charge in [0.2, 0.25) is 5.82 Å². The van der Waals surface area contributed by atoms with Crippen molar-refractivity contribution in [3.05, 3.63) is 16.3 Å². The number of carbonyl (C=O) groups is 1. The summed E-state index contributed by atoms with van der Waals surface area (Å²) in [7, 11) is 0. The molecule has 72 valence electrons. The topological polar surface area (TPSA) is 111 Å². The van der Waals surface area contributed by atoms with Gasteiger partial charge in [0.05, 0.1) is 6.10 Å². The summed E-state index contributed by atoms with van der Waals surface area (Å²) in [5.74, 6) is -0.620. The molecule has 0 bridgehead atoms. The van der Waals surface area contributed by atoms with Gasteiger partial charge in [0.15, 0.2) is 0 Å². The molecule has 0 radical (unpaired) electrons. The summed E-state index contributed by atoms with van der Waals surface area (Å²) < 4.78 is 0. The third-order valence-electron chi connectivity index (χ3n) is 1.27. The highest BCUT2D eigenvalue weighted by molar-refractivity contribution is 5.90. The van der Waals surface area contributed by atoms with Crippen molar-refractivity contribution >= 4 is 5.91 Å². The highest BCUT2D eigenvalue weighted by Gasteiger charge is 2.09. The maximum absolute atomic E-state index is 11.1. The second-order valence-electron chi connectivity index (χ2n) is 2.59. The molecule has 0 spiro atoms. The van der Waals surface area contributed by atoms with Gasteiger partial charge in [0.25, 0.3) is 5.91 Å². The van der Waals surface area contributed by atoms with E-state index in [-0.39, 0.29) is 12.4 Å². The molecule has 1 heterocycles. The minimum absolute atomic E-state index is 0.0920. The summed E-state index contributed by atoms with van der Waals surface area (Å²) in [6.07, 6.45) is -0.630. The summed E-state index contributed by atoms with van der Waals surface area (Å²) in [5.41, 5.74) is -0.540. The molecule has 1 amide bonds. The first kappa shape index (κ1) is 9.46. The van der Waals surface area contributed by atoms with Gasteiger partial charge in [0, 0.05) is 6.54 Å². The van der Waals surface area contributed by atoms with Crippen LogP contribution in [0.2, 0.25) is 0 Å². The van der Waals surface area contributed by atoms with E-state index in [0.717, 1.165) is 0 Å². The summed E-state index contributed by atoms with van der Waals surface area (Å²) in [4.78, 5) is 23.8. The van der Waals surface area contributed by atoms with Crippen LogP contribution in [0.15, 0.2) is 4.79 Å². The van der Waals surface area contributed by atoms with E-state index in [4.69, 9.17) is 5.11 Å². The minimum atomic E-state index is -0.630. The van der Waals surface area contributed by atoms with Crippen LogP contribution < -0.4 is 11.0 Å². The number of nitrogens with zero attached hydrogens (tertiary/aromatic N) is 1. The van der Waals surface area contributed by atoms with Crippen LogP contribution in [0, 0.1) is 0 Å². The van der Waals surface area contributed by atoms with Crippen molar-refractivity contribution in [1.82, 2.24) is 20.5 Å². The van der Waals surface area contributed by atoms with Crippen LogP contribution in [0.5, 0.6) is 0 Å². The number of aromatic amines is 2. The molecule has 1 aromatic heterocycles. The monoisotopic (exact) mass is 186 g/mol. The lowest BCUT2D eigenvalue weighted by Gasteiger charge is -2.03. The van der Waals surface area contributed by atoms with Gasteiger partial charge >= 0.3 is 5.69 Å². The number of rotatable bonds is 3. The lowest BCUT2D eigenvalue weighted by Crippen LogP contribution is -2.31. The van der Waals surface area contributed by atoms with E-state index in [0.29, 0.717) is 0 Å². The van der Waals surface area contributed by atoms with Crippen molar-refractivity contribution in [1.29, 1.82) is 0 Å². The van der Waals surface area contributed by atoms with Crippen LogP contribution in [0.1, 0.15) is 17.5 Å². The summed E-state index contributed by atoms with van der Waals surface area (Å²) in [6.45, 7) is 1.65. The normalized spacial score (nSPS) is 12.5. The van der Waals surface area contributed by atoms with Gasteiger partial charge in [-0.2, -0.15) is 0 Å². The Kier molecular flexibility index (Phi) is 2.80. The number of aliphatic hydroxyl groups is 1. The number of H-pyrrole nitrogens is 2. The number of aromatic nitrogens is 3. The highest BCUT2D eigenvalue weighted by atomic mass is 16.3. The summed E-state index contributed by atoms with van der Waals surface area (Å²) >= 11 is 0. The van der Waals surface area contributed by atoms with Crippen LogP contribution in [0.3, 0.4) is 0 Å². The zero-order valence-corrected chi connectivity index (χ0v) is 7.00. The predicted molar refractivity (Wildman–Crippen MR) is 43.2 cm³/mol. The lowest BCUT2D eigenvalue weighted by molar-refractivity contribution is 0.0914. The van der Waals surface area contributed by atoms with Crippen LogP contribution >= 0.6 is 0 Å². The van der Waals surface area contributed by atoms with Crippen molar-refractivity contribution in [2.75, 3.05) is 6.54 Å². The standard InChI is InChI=1S/C6H10N4O3/c1-3(11)2-7-5(12)4-8-6(13)10-9-4/h3,11H,2H2,1H3,(H,7,12)(H2,8,9,10,13). The molecule has 13 heavy (non-hydrogen) atoms. The molecule has 0 saturated carbocycles. The van der Waals surface area contributed by atoms with Crippen LogP contribution in [0.25, 0.3) is 0 Å². The van der Waals surface area contributed by atoms with Gasteiger partial charge < -0.3 is 10.4 Å². The van der Waals surface area contributed by atoms with Crippen LogP contribution in [-0.2, 0) is 0 Å². The molecular formula is C6H10N4O3. The molecular weight excluding hydrogens is 176 g/mol. The molecule has 0 aliphatic rings. The molecule has 0 aliphatic carbocycles. The van der Waals surface area contributed by atoms with E-state index in [2.05, 4.69) is 20.5 Å². The third kappa shape index (κ3) is 2.71. The Morgan fingerprint density at radius 3 is 2.92 bits per heavy atom. The molecule has 7 heteroatoms. The SMILES string of the molecule is CC(O)CNC(=O)c1n[nH]c(=O)[nH]1. The molecule has 1 aromatic rings. The van der Waals surface area contributed by atoms with Crippen molar-refractivity contribution in [3.8, 4) is 0 Å². The Labute approximate surface area is 73.2 Å². The average molecular weight is 186 g/mol. The second kappa shape index (κ2) is 3.85. The van der Waals surface area contributed by atoms with Gasteiger partial charge in [-0.1, -0.05) is 0 Å². The fourth-order valence-corrected chi connectivity index (χ4v) is 0.702. The Hall–Kier alpha value is -1.63. The number of hydrogen-bond donors (Lipinski definition) is 4. The molecule has 0 aliphatic heterocycles. The Balaban J connectivity index is 2.54. The Morgan fingerprint density at radius 2 is 2.46 bits per heavy atom. The van der Waals surface area contributed by atoms with E-state index in [9.17, 15) is 9.59 Å². The fraction of sp³-hybridized carbons (Fsp3) is 0.500. The Bertz CT molecular complexity index is 340. The van der Waals surface area contributed by atoms with Crippen molar-refractivity contribution in [2.24, 2.45) is 0 Å². The molecule has 0 saturated heterocycles. The number of carbonyl (C=O) groups excluding carboxylic acids is 1. The zero-order chi connectivity index (χ0) is 9.84. The molecule has 0 fully saturated rings. The molecule has 0 aromatic carbocycles. The van der Waals surface area contributed by atoms with Gasteiger partial charge in [-0.15, -0.1) is 5.10 Å². The molecule has 1 rings (SSSR count). The first-order valence-corrected chi connectivity index (χ1v) is 3.70. The summed E-state index contributed by atoms with van der Waals surface area (Å²) in [6, 6.07) is 0. The Morgan fingerprint density at radius 1 is 1.77 bits per heavy atom. The lowest BCUT2D eigenvalue weighted by atomic mass is 10.4. The molecule has 1 atom stereocenters. The van der Waals surface area contributed by atoms with E-state index in [1.54, 1.807) is 0 Å². The first-order chi connectivity index (χ1) is 6.09. The highest BCUT2D eigenvalue weighted by Crippen LogP contribution is 1.82. The smallest absolute Gasteiger partial charge is 0.341 e. The van der Waals surface area contributed by atoms with Gasteiger partial charge in [-0.05, 0) is 6.92 Å². The largest absolute Gasteiger partial charge is 0.392 e. The summed E-state index contributed by atoms with van der Waals surface area (Å²) in [5, 5.41) is 16.7. The van der Waals surface area contributed by atoms with E-state index < -0.39 is 17.7 Å². The van der Waals surface area contributed by atoms with Gasteiger partial charge in [-0.3, -0.25) is 9.78 Å². The maximum Gasteiger partial charge on any atom is 0.341 e. The maximum atomic E-state index is 11.1. The van der Waals surface area contributed by atoms with Crippen molar-refractivity contribution in [3.63, 3.8) is 0 Å².